The summed E-state index contributed by atoms with van der Waals surface area (Å²) in [7, 11) is 0. The summed E-state index contributed by atoms with van der Waals surface area (Å²) in [5.41, 5.74) is 6.46. The van der Waals surface area contributed by atoms with Crippen LogP contribution >= 0.6 is 11.6 Å². The first kappa shape index (κ1) is 12.0. The van der Waals surface area contributed by atoms with Gasteiger partial charge in [-0.2, -0.15) is 0 Å². The summed E-state index contributed by atoms with van der Waals surface area (Å²) in [6.45, 7) is 0. The monoisotopic (exact) mass is 266 g/mol. The van der Waals surface area contributed by atoms with E-state index in [1.165, 1.54) is 44.9 Å². The Morgan fingerprint density at radius 3 is 2.44 bits per heavy atom. The number of hydrogen-bond acceptors (Lipinski definition) is 4. The maximum Gasteiger partial charge on any atom is 0.157 e. The second kappa shape index (κ2) is 4.92. The van der Waals surface area contributed by atoms with Crippen molar-refractivity contribution in [1.29, 1.82) is 0 Å². The number of nitrogens with one attached hydrogen (secondary N) is 1. The Labute approximate surface area is 112 Å². The van der Waals surface area contributed by atoms with E-state index in [2.05, 4.69) is 15.3 Å². The second-order valence-electron chi connectivity index (χ2n) is 5.39. The standard InChI is InChI=1S/C13H19ClN4/c14-11-10(15)13(16-9-4-2-1-3-5-9)18-12(17-11)8-6-7-8/h8-9H,1-7,15H2,(H,16,17,18). The topological polar surface area (TPSA) is 63.8 Å². The van der Waals surface area contributed by atoms with Gasteiger partial charge in [-0.25, -0.2) is 9.97 Å². The van der Waals surface area contributed by atoms with E-state index in [1.54, 1.807) is 0 Å². The molecule has 0 spiro atoms. The van der Waals surface area contributed by atoms with Crippen molar-refractivity contribution in [2.45, 2.75) is 56.9 Å². The lowest BCUT2D eigenvalue weighted by molar-refractivity contribution is 0.462. The minimum atomic E-state index is 0.394. The van der Waals surface area contributed by atoms with Gasteiger partial charge in [0.05, 0.1) is 0 Å². The van der Waals surface area contributed by atoms with Crippen LogP contribution in [0.2, 0.25) is 5.15 Å². The quantitative estimate of drug-likeness (QED) is 0.824. The molecule has 2 aliphatic rings. The highest BCUT2D eigenvalue weighted by molar-refractivity contribution is 6.32. The number of anilines is 2. The Morgan fingerprint density at radius 2 is 1.78 bits per heavy atom. The Morgan fingerprint density at radius 1 is 1.06 bits per heavy atom. The molecule has 0 atom stereocenters. The highest BCUT2D eigenvalue weighted by Crippen LogP contribution is 2.40. The number of rotatable bonds is 3. The average molecular weight is 267 g/mol. The number of nitrogens with two attached hydrogens (primary N) is 1. The molecule has 0 radical (unpaired) electrons. The van der Waals surface area contributed by atoms with Crippen molar-refractivity contribution >= 4 is 23.1 Å². The van der Waals surface area contributed by atoms with Crippen LogP contribution in [0.1, 0.15) is 56.7 Å². The van der Waals surface area contributed by atoms with E-state index < -0.39 is 0 Å². The summed E-state index contributed by atoms with van der Waals surface area (Å²) < 4.78 is 0. The zero-order chi connectivity index (χ0) is 12.5. The van der Waals surface area contributed by atoms with Gasteiger partial charge in [0.25, 0.3) is 0 Å². The number of hydrogen-bond donors (Lipinski definition) is 2. The van der Waals surface area contributed by atoms with Crippen LogP contribution in [0.15, 0.2) is 0 Å². The molecule has 18 heavy (non-hydrogen) atoms. The van der Waals surface area contributed by atoms with E-state index in [4.69, 9.17) is 17.3 Å². The zero-order valence-corrected chi connectivity index (χ0v) is 11.2. The molecule has 0 amide bonds. The molecule has 1 heterocycles. The van der Waals surface area contributed by atoms with E-state index in [9.17, 15) is 0 Å². The predicted molar refractivity (Wildman–Crippen MR) is 73.9 cm³/mol. The molecule has 3 N–H and O–H groups in total. The fourth-order valence-electron chi connectivity index (χ4n) is 2.53. The van der Waals surface area contributed by atoms with E-state index in [-0.39, 0.29) is 0 Å². The van der Waals surface area contributed by atoms with Crippen molar-refractivity contribution in [3.05, 3.63) is 11.0 Å². The summed E-state index contributed by atoms with van der Waals surface area (Å²) in [6.07, 6.45) is 8.63. The van der Waals surface area contributed by atoms with E-state index in [1.807, 2.05) is 0 Å². The first-order chi connectivity index (χ1) is 8.74. The second-order valence-corrected chi connectivity index (χ2v) is 5.75. The molecule has 2 aliphatic carbocycles. The van der Waals surface area contributed by atoms with Crippen LogP contribution in [-0.4, -0.2) is 16.0 Å². The lowest BCUT2D eigenvalue weighted by Gasteiger charge is -2.24. The largest absolute Gasteiger partial charge is 0.393 e. The first-order valence-corrected chi connectivity index (χ1v) is 7.21. The third kappa shape index (κ3) is 2.53. The summed E-state index contributed by atoms with van der Waals surface area (Å²) in [6, 6.07) is 0.485. The van der Waals surface area contributed by atoms with Crippen LogP contribution < -0.4 is 11.1 Å². The predicted octanol–water partition coefficient (Wildman–Crippen LogP) is 3.33. The highest BCUT2D eigenvalue weighted by Gasteiger charge is 2.28. The fraction of sp³-hybridized carbons (Fsp3) is 0.692. The summed E-state index contributed by atoms with van der Waals surface area (Å²) >= 11 is 6.09. The first-order valence-electron chi connectivity index (χ1n) is 6.83. The zero-order valence-electron chi connectivity index (χ0n) is 10.5. The SMILES string of the molecule is Nc1c(Cl)nc(C2CC2)nc1NC1CCCCC1. The van der Waals surface area contributed by atoms with Gasteiger partial charge >= 0.3 is 0 Å². The molecule has 0 aliphatic heterocycles. The third-order valence-electron chi connectivity index (χ3n) is 3.80. The molecular weight excluding hydrogens is 248 g/mol. The van der Waals surface area contributed by atoms with Gasteiger partial charge in [0, 0.05) is 12.0 Å². The van der Waals surface area contributed by atoms with Gasteiger partial charge in [-0.3, -0.25) is 0 Å². The van der Waals surface area contributed by atoms with Crippen LogP contribution in [0.4, 0.5) is 11.5 Å². The van der Waals surface area contributed by atoms with Gasteiger partial charge in [0.2, 0.25) is 0 Å². The van der Waals surface area contributed by atoms with Crippen molar-refractivity contribution in [2.24, 2.45) is 0 Å². The van der Waals surface area contributed by atoms with Crippen molar-refractivity contribution in [1.82, 2.24) is 9.97 Å². The van der Waals surface area contributed by atoms with Crippen LogP contribution in [0.25, 0.3) is 0 Å². The Bertz CT molecular complexity index is 439. The maximum absolute atomic E-state index is 6.09. The number of nitrogen functional groups attached to an aromatic ring is 1. The normalized spacial score (nSPS) is 20.9. The number of nitrogens with zero attached hydrogens (tertiary/aromatic N) is 2. The molecule has 0 aromatic carbocycles. The smallest absolute Gasteiger partial charge is 0.157 e. The molecule has 4 nitrogen and oxygen atoms in total. The lowest BCUT2D eigenvalue weighted by Crippen LogP contribution is -2.24. The Balaban J connectivity index is 1.80. The molecule has 0 saturated heterocycles. The van der Waals surface area contributed by atoms with Gasteiger partial charge in [-0.05, 0) is 25.7 Å². The molecule has 5 heteroatoms. The van der Waals surface area contributed by atoms with E-state index >= 15 is 0 Å². The lowest BCUT2D eigenvalue weighted by atomic mass is 9.95. The van der Waals surface area contributed by atoms with Crippen molar-refractivity contribution in [3.8, 4) is 0 Å². The Kier molecular flexibility index (Phi) is 3.29. The molecule has 2 fully saturated rings. The number of halogens is 1. The van der Waals surface area contributed by atoms with Gasteiger partial charge < -0.3 is 11.1 Å². The molecule has 98 valence electrons. The maximum atomic E-state index is 6.09. The molecule has 1 aromatic heterocycles. The van der Waals surface area contributed by atoms with Crippen molar-refractivity contribution < 1.29 is 0 Å². The van der Waals surface area contributed by atoms with Crippen LogP contribution in [-0.2, 0) is 0 Å². The summed E-state index contributed by atoms with van der Waals surface area (Å²) in [5.74, 6) is 2.09. The molecular formula is C13H19ClN4. The van der Waals surface area contributed by atoms with Crippen LogP contribution in [0, 0.1) is 0 Å². The highest BCUT2D eigenvalue weighted by atomic mass is 35.5. The van der Waals surface area contributed by atoms with Gasteiger partial charge in [-0.1, -0.05) is 30.9 Å². The minimum Gasteiger partial charge on any atom is -0.393 e. The van der Waals surface area contributed by atoms with Crippen molar-refractivity contribution in [3.63, 3.8) is 0 Å². The van der Waals surface area contributed by atoms with Crippen LogP contribution in [0.3, 0.4) is 0 Å². The van der Waals surface area contributed by atoms with Gasteiger partial charge in [0.1, 0.15) is 11.5 Å². The fourth-order valence-corrected chi connectivity index (χ4v) is 2.71. The molecule has 0 unspecified atom stereocenters. The van der Waals surface area contributed by atoms with Crippen molar-refractivity contribution in [2.75, 3.05) is 11.1 Å². The average Bonchev–Trinajstić information content (AvgIpc) is 3.20. The van der Waals surface area contributed by atoms with E-state index in [0.29, 0.717) is 22.8 Å². The third-order valence-corrected chi connectivity index (χ3v) is 4.09. The summed E-state index contributed by atoms with van der Waals surface area (Å²) in [4.78, 5) is 8.84. The Hall–Kier alpha value is -1.03. The molecule has 3 rings (SSSR count). The molecule has 2 saturated carbocycles. The van der Waals surface area contributed by atoms with E-state index in [0.717, 1.165) is 11.6 Å². The summed E-state index contributed by atoms with van der Waals surface area (Å²) in [5, 5.41) is 3.85. The number of aromatic nitrogens is 2. The molecule has 1 aromatic rings. The van der Waals surface area contributed by atoms with Gasteiger partial charge in [-0.15, -0.1) is 0 Å². The van der Waals surface area contributed by atoms with Crippen LogP contribution in [0.5, 0.6) is 0 Å². The molecule has 0 bridgehead atoms. The van der Waals surface area contributed by atoms with Gasteiger partial charge in [0.15, 0.2) is 11.0 Å². The minimum absolute atomic E-state index is 0.394.